The summed E-state index contributed by atoms with van der Waals surface area (Å²) in [5, 5.41) is 9.88. The molecule has 0 unspecified atom stereocenters. The highest BCUT2D eigenvalue weighted by Gasteiger charge is 2.16. The molecule has 0 saturated carbocycles. The lowest BCUT2D eigenvalue weighted by Crippen LogP contribution is -2.04. The van der Waals surface area contributed by atoms with Crippen LogP contribution in [0.5, 0.6) is 5.75 Å². The number of hydrogen-bond acceptors (Lipinski definition) is 7. The normalized spacial score (nSPS) is 11.2. The van der Waals surface area contributed by atoms with Crippen LogP contribution in [0.4, 0.5) is 0 Å². The Bertz CT molecular complexity index is 1300. The number of aryl methyl sites for hydroxylation is 1. The number of ether oxygens (including phenoxy) is 1. The number of aromatic nitrogens is 4. The van der Waals surface area contributed by atoms with Crippen molar-refractivity contribution in [2.75, 3.05) is 12.4 Å². The topological polar surface area (TPSA) is 52.8 Å². The first-order chi connectivity index (χ1) is 16.3. The molecule has 0 bridgehead atoms. The quantitative estimate of drug-likeness (QED) is 0.170. The van der Waals surface area contributed by atoms with Gasteiger partial charge in [0.15, 0.2) is 9.50 Å². The monoisotopic (exact) mass is 490 g/mol. The Kier molecular flexibility index (Phi) is 6.95. The molecule has 0 atom stereocenters. The average molecular weight is 491 g/mol. The molecule has 33 heavy (non-hydrogen) atoms. The fourth-order valence-electron chi connectivity index (χ4n) is 3.29. The predicted molar refractivity (Wildman–Crippen MR) is 138 cm³/mol. The van der Waals surface area contributed by atoms with E-state index in [0.29, 0.717) is 12.4 Å². The molecule has 5 rings (SSSR count). The maximum absolute atomic E-state index is 5.88. The largest absolute Gasteiger partial charge is 0.493 e. The van der Waals surface area contributed by atoms with Crippen molar-refractivity contribution in [1.82, 2.24) is 19.7 Å². The van der Waals surface area contributed by atoms with Crippen LogP contribution in [0.1, 0.15) is 11.4 Å². The van der Waals surface area contributed by atoms with Crippen LogP contribution < -0.4 is 4.74 Å². The first kappa shape index (κ1) is 22.0. The van der Waals surface area contributed by atoms with Crippen LogP contribution in [0.2, 0.25) is 0 Å². The van der Waals surface area contributed by atoms with Gasteiger partial charge in [-0.2, -0.15) is 0 Å². The summed E-state index contributed by atoms with van der Waals surface area (Å²) in [5.74, 6) is 3.28. The smallest absolute Gasteiger partial charge is 0.195 e. The standard InChI is InChI=1S/C25H22N4OS3/c1-18-11-13-20(14-12-18)30-15-16-31-24-28-27-23(29(24)19-7-3-2-4-8-19)17-32-25-26-21-9-5-6-10-22(21)33-25/h2-14H,15-17H2,1H3. The van der Waals surface area contributed by atoms with Crippen LogP contribution in [-0.4, -0.2) is 32.1 Å². The summed E-state index contributed by atoms with van der Waals surface area (Å²) in [6.07, 6.45) is 0. The van der Waals surface area contributed by atoms with Crippen molar-refractivity contribution in [3.05, 3.63) is 90.3 Å². The zero-order valence-corrected chi connectivity index (χ0v) is 20.5. The van der Waals surface area contributed by atoms with Gasteiger partial charge in [0.2, 0.25) is 0 Å². The third-order valence-corrected chi connectivity index (χ3v) is 7.99. The van der Waals surface area contributed by atoms with Gasteiger partial charge in [0.25, 0.3) is 0 Å². The van der Waals surface area contributed by atoms with Gasteiger partial charge in [-0.25, -0.2) is 4.98 Å². The molecule has 0 amide bonds. The lowest BCUT2D eigenvalue weighted by molar-refractivity contribution is 0.344. The number of thioether (sulfide) groups is 2. The van der Waals surface area contributed by atoms with Gasteiger partial charge >= 0.3 is 0 Å². The highest BCUT2D eigenvalue weighted by Crippen LogP contribution is 2.32. The van der Waals surface area contributed by atoms with Crippen molar-refractivity contribution in [2.45, 2.75) is 22.2 Å². The van der Waals surface area contributed by atoms with E-state index >= 15 is 0 Å². The lowest BCUT2D eigenvalue weighted by atomic mass is 10.2. The van der Waals surface area contributed by atoms with Crippen molar-refractivity contribution in [3.63, 3.8) is 0 Å². The molecule has 5 nitrogen and oxygen atoms in total. The first-order valence-electron chi connectivity index (χ1n) is 10.6. The average Bonchev–Trinajstić information content (AvgIpc) is 3.45. The highest BCUT2D eigenvalue weighted by molar-refractivity contribution is 8.00. The molecule has 0 N–H and O–H groups in total. The van der Waals surface area contributed by atoms with E-state index < -0.39 is 0 Å². The zero-order valence-electron chi connectivity index (χ0n) is 18.0. The molecule has 8 heteroatoms. The number of hydrogen-bond donors (Lipinski definition) is 0. The number of rotatable bonds is 9. The van der Waals surface area contributed by atoms with Crippen LogP contribution >= 0.6 is 34.9 Å². The van der Waals surface area contributed by atoms with Crippen LogP contribution in [0.15, 0.2) is 88.4 Å². The van der Waals surface area contributed by atoms with Crippen molar-refractivity contribution in [3.8, 4) is 11.4 Å². The van der Waals surface area contributed by atoms with Gasteiger partial charge in [-0.3, -0.25) is 4.57 Å². The van der Waals surface area contributed by atoms with E-state index in [-0.39, 0.29) is 0 Å². The number of fused-ring (bicyclic) bond motifs is 1. The van der Waals surface area contributed by atoms with Gasteiger partial charge in [0.05, 0.1) is 22.6 Å². The summed E-state index contributed by atoms with van der Waals surface area (Å²) in [5.41, 5.74) is 3.33. The van der Waals surface area contributed by atoms with E-state index in [9.17, 15) is 0 Å². The van der Waals surface area contributed by atoms with Gasteiger partial charge in [0, 0.05) is 11.4 Å². The minimum absolute atomic E-state index is 0.602. The predicted octanol–water partition coefficient (Wildman–Crippen LogP) is 6.65. The van der Waals surface area contributed by atoms with Crippen LogP contribution in [0.3, 0.4) is 0 Å². The van der Waals surface area contributed by atoms with Crippen LogP contribution in [0.25, 0.3) is 15.9 Å². The Morgan fingerprint density at radius 1 is 0.879 bits per heavy atom. The van der Waals surface area contributed by atoms with E-state index in [1.807, 2.05) is 42.5 Å². The number of para-hydroxylation sites is 2. The molecule has 0 aliphatic rings. The minimum atomic E-state index is 0.602. The Hall–Kier alpha value is -2.81. The van der Waals surface area contributed by atoms with E-state index in [2.05, 4.69) is 58.1 Å². The third-order valence-electron chi connectivity index (χ3n) is 4.92. The molecule has 0 aliphatic carbocycles. The van der Waals surface area contributed by atoms with Crippen molar-refractivity contribution in [2.24, 2.45) is 0 Å². The van der Waals surface area contributed by atoms with Crippen molar-refractivity contribution < 1.29 is 4.74 Å². The second kappa shape index (κ2) is 10.4. The summed E-state index contributed by atoms with van der Waals surface area (Å²) in [6.45, 7) is 2.67. The lowest BCUT2D eigenvalue weighted by Gasteiger charge is -2.10. The SMILES string of the molecule is Cc1ccc(OCCSc2nnc(CSc3nc4ccccc4s3)n2-c2ccccc2)cc1. The number of thiazole rings is 1. The van der Waals surface area contributed by atoms with E-state index in [1.165, 1.54) is 10.3 Å². The first-order valence-corrected chi connectivity index (χ1v) is 13.4. The molecule has 3 aromatic carbocycles. The fraction of sp³-hybridized carbons (Fsp3) is 0.160. The van der Waals surface area contributed by atoms with E-state index in [0.717, 1.165) is 38.0 Å². The van der Waals surface area contributed by atoms with Gasteiger partial charge in [-0.05, 0) is 43.3 Å². The summed E-state index contributed by atoms with van der Waals surface area (Å²) in [7, 11) is 0. The fourth-order valence-corrected chi connectivity index (χ4v) is 6.06. The second-order valence-corrected chi connectivity index (χ2v) is 10.6. The molecule has 166 valence electrons. The minimum Gasteiger partial charge on any atom is -0.493 e. The van der Waals surface area contributed by atoms with E-state index in [4.69, 9.17) is 9.72 Å². The highest BCUT2D eigenvalue weighted by atomic mass is 32.2. The van der Waals surface area contributed by atoms with Crippen molar-refractivity contribution >= 4 is 45.1 Å². The number of benzene rings is 3. The Balaban J connectivity index is 1.29. The summed E-state index contributed by atoms with van der Waals surface area (Å²) in [6, 6.07) is 26.6. The van der Waals surface area contributed by atoms with Crippen LogP contribution in [0, 0.1) is 6.92 Å². The summed E-state index contributed by atoms with van der Waals surface area (Å²) >= 11 is 5.06. The third kappa shape index (κ3) is 5.40. The van der Waals surface area contributed by atoms with Gasteiger partial charge in [0.1, 0.15) is 11.6 Å². The zero-order chi connectivity index (χ0) is 22.5. The Labute approximate surface area is 205 Å². The Morgan fingerprint density at radius 3 is 2.48 bits per heavy atom. The molecule has 5 aromatic rings. The molecule has 0 saturated heterocycles. The molecule has 0 radical (unpaired) electrons. The Morgan fingerprint density at radius 2 is 1.67 bits per heavy atom. The molecule has 0 fully saturated rings. The summed E-state index contributed by atoms with van der Waals surface area (Å²) < 4.78 is 10.3. The number of nitrogens with zero attached hydrogens (tertiary/aromatic N) is 4. The van der Waals surface area contributed by atoms with E-state index in [1.54, 1.807) is 34.9 Å². The summed E-state index contributed by atoms with van der Waals surface area (Å²) in [4.78, 5) is 4.73. The molecular weight excluding hydrogens is 469 g/mol. The second-order valence-electron chi connectivity index (χ2n) is 7.32. The van der Waals surface area contributed by atoms with Gasteiger partial charge in [-0.15, -0.1) is 21.5 Å². The molecule has 2 aromatic heterocycles. The van der Waals surface area contributed by atoms with Gasteiger partial charge < -0.3 is 4.74 Å². The van der Waals surface area contributed by atoms with Crippen molar-refractivity contribution in [1.29, 1.82) is 0 Å². The van der Waals surface area contributed by atoms with Gasteiger partial charge in [-0.1, -0.05) is 71.6 Å². The molecular formula is C25H22N4OS3. The maximum Gasteiger partial charge on any atom is 0.195 e. The molecule has 0 aliphatic heterocycles. The molecule has 0 spiro atoms. The van der Waals surface area contributed by atoms with Crippen LogP contribution in [-0.2, 0) is 5.75 Å². The molecule has 2 heterocycles. The maximum atomic E-state index is 5.88.